The summed E-state index contributed by atoms with van der Waals surface area (Å²) in [7, 11) is 0. The number of carbonyl (C=O) groups excluding carboxylic acids is 1. The maximum Gasteiger partial charge on any atom is 0.224 e. The van der Waals surface area contributed by atoms with Gasteiger partial charge in [-0.15, -0.1) is 0 Å². The van der Waals surface area contributed by atoms with E-state index in [1.165, 1.54) is 6.07 Å². The lowest BCUT2D eigenvalue weighted by Crippen LogP contribution is -2.43. The monoisotopic (exact) mass is 268 g/mol. The van der Waals surface area contributed by atoms with Crippen molar-refractivity contribution in [3.05, 3.63) is 35.4 Å². The second-order valence-electron chi connectivity index (χ2n) is 4.83. The molecule has 2 N–H and O–H groups in total. The lowest BCUT2D eigenvalue weighted by atomic mass is 10.0. The van der Waals surface area contributed by atoms with Crippen molar-refractivity contribution in [2.24, 2.45) is 0 Å². The van der Waals surface area contributed by atoms with Crippen LogP contribution in [0.2, 0.25) is 0 Å². The Labute approximate surface area is 111 Å². The minimum absolute atomic E-state index is 0.170. The van der Waals surface area contributed by atoms with Gasteiger partial charge in [0.1, 0.15) is 11.6 Å². The number of halogens is 2. The van der Waals surface area contributed by atoms with Crippen molar-refractivity contribution in [1.29, 1.82) is 0 Å². The van der Waals surface area contributed by atoms with E-state index >= 15 is 0 Å². The van der Waals surface area contributed by atoms with Crippen molar-refractivity contribution in [2.75, 3.05) is 13.1 Å². The molecule has 2 rings (SSSR count). The lowest BCUT2D eigenvalue weighted by molar-refractivity contribution is -0.120. The third kappa shape index (κ3) is 3.99. The number of benzene rings is 1. The molecule has 1 saturated heterocycles. The van der Waals surface area contributed by atoms with Gasteiger partial charge in [0.25, 0.3) is 0 Å². The number of hydrogen-bond acceptors (Lipinski definition) is 2. The highest BCUT2D eigenvalue weighted by molar-refractivity contribution is 5.78. The van der Waals surface area contributed by atoms with E-state index in [1.54, 1.807) is 0 Å². The molecule has 0 aromatic heterocycles. The van der Waals surface area contributed by atoms with Crippen LogP contribution < -0.4 is 10.6 Å². The first-order valence-electron chi connectivity index (χ1n) is 6.60. The third-order valence-electron chi connectivity index (χ3n) is 3.36. The third-order valence-corrected chi connectivity index (χ3v) is 3.36. The van der Waals surface area contributed by atoms with E-state index in [0.29, 0.717) is 6.54 Å². The molecule has 1 aromatic carbocycles. The zero-order valence-corrected chi connectivity index (χ0v) is 10.7. The average molecular weight is 268 g/mol. The van der Waals surface area contributed by atoms with Crippen molar-refractivity contribution < 1.29 is 13.6 Å². The van der Waals surface area contributed by atoms with Crippen molar-refractivity contribution in [1.82, 2.24) is 10.6 Å². The maximum absolute atomic E-state index is 13.4. The molecule has 1 heterocycles. The van der Waals surface area contributed by atoms with Crippen molar-refractivity contribution in [3.63, 3.8) is 0 Å². The average Bonchev–Trinajstić information content (AvgIpc) is 2.42. The van der Waals surface area contributed by atoms with Crippen LogP contribution in [0.25, 0.3) is 0 Å². The maximum atomic E-state index is 13.4. The van der Waals surface area contributed by atoms with Gasteiger partial charge in [-0.25, -0.2) is 8.78 Å². The zero-order valence-electron chi connectivity index (χ0n) is 10.7. The van der Waals surface area contributed by atoms with Crippen LogP contribution in [0.4, 0.5) is 8.78 Å². The molecule has 0 spiro atoms. The first-order valence-corrected chi connectivity index (χ1v) is 6.60. The molecule has 0 aliphatic carbocycles. The lowest BCUT2D eigenvalue weighted by Gasteiger charge is -2.23. The molecule has 5 heteroatoms. The van der Waals surface area contributed by atoms with Gasteiger partial charge in [-0.2, -0.15) is 0 Å². The van der Waals surface area contributed by atoms with Crippen LogP contribution in [-0.4, -0.2) is 25.0 Å². The molecule has 104 valence electrons. The fourth-order valence-corrected chi connectivity index (χ4v) is 2.26. The number of carbonyl (C=O) groups is 1. The molecule has 0 saturated carbocycles. The van der Waals surface area contributed by atoms with Gasteiger partial charge in [-0.05, 0) is 31.5 Å². The van der Waals surface area contributed by atoms with Crippen LogP contribution in [0.5, 0.6) is 0 Å². The first kappa shape index (κ1) is 13.9. The molecule has 1 amide bonds. The Morgan fingerprint density at radius 1 is 1.32 bits per heavy atom. The summed E-state index contributed by atoms with van der Waals surface area (Å²) in [5.41, 5.74) is -0.170. The van der Waals surface area contributed by atoms with Gasteiger partial charge in [0.15, 0.2) is 0 Å². The van der Waals surface area contributed by atoms with Crippen LogP contribution in [0.15, 0.2) is 18.2 Å². The summed E-state index contributed by atoms with van der Waals surface area (Å²) < 4.78 is 26.7. The standard InChI is InChI=1S/C14H18F2N2O/c15-12-5-3-6-13(16)11(12)8-14(19)18-9-10-4-1-2-7-17-10/h3,5-6,10,17H,1-2,4,7-9H2,(H,18,19). The van der Waals surface area contributed by atoms with E-state index in [-0.39, 0.29) is 23.9 Å². The molecule has 0 bridgehead atoms. The predicted molar refractivity (Wildman–Crippen MR) is 68.7 cm³/mol. The van der Waals surface area contributed by atoms with Crippen molar-refractivity contribution in [2.45, 2.75) is 31.7 Å². The Balaban J connectivity index is 1.83. The quantitative estimate of drug-likeness (QED) is 0.873. The van der Waals surface area contributed by atoms with E-state index in [4.69, 9.17) is 0 Å². The smallest absolute Gasteiger partial charge is 0.224 e. The summed E-state index contributed by atoms with van der Waals surface area (Å²) in [6.07, 6.45) is 3.07. The number of piperidine rings is 1. The Hall–Kier alpha value is -1.49. The molecule has 1 atom stereocenters. The highest BCUT2D eigenvalue weighted by Gasteiger charge is 2.16. The SMILES string of the molecule is O=C(Cc1c(F)cccc1F)NCC1CCCCN1. The second kappa shape index (κ2) is 6.61. The van der Waals surface area contributed by atoms with Crippen molar-refractivity contribution >= 4 is 5.91 Å². The Morgan fingerprint density at radius 3 is 2.68 bits per heavy atom. The van der Waals surface area contributed by atoms with E-state index in [9.17, 15) is 13.6 Å². The molecular formula is C14H18F2N2O. The van der Waals surface area contributed by atoms with Crippen LogP contribution >= 0.6 is 0 Å². The molecule has 19 heavy (non-hydrogen) atoms. The summed E-state index contributed by atoms with van der Waals surface area (Å²) in [5.74, 6) is -1.70. The number of hydrogen-bond donors (Lipinski definition) is 2. The van der Waals surface area contributed by atoms with Gasteiger partial charge in [0.05, 0.1) is 6.42 Å². The van der Waals surface area contributed by atoms with Gasteiger partial charge in [-0.3, -0.25) is 4.79 Å². The molecule has 1 aliphatic rings. The number of amides is 1. The zero-order chi connectivity index (χ0) is 13.7. The van der Waals surface area contributed by atoms with E-state index in [0.717, 1.165) is 37.9 Å². The number of rotatable bonds is 4. The first-order chi connectivity index (χ1) is 9.16. The molecule has 3 nitrogen and oxygen atoms in total. The minimum Gasteiger partial charge on any atom is -0.354 e. The largest absolute Gasteiger partial charge is 0.354 e. The van der Waals surface area contributed by atoms with Gasteiger partial charge in [0.2, 0.25) is 5.91 Å². The molecular weight excluding hydrogens is 250 g/mol. The fourth-order valence-electron chi connectivity index (χ4n) is 2.26. The second-order valence-corrected chi connectivity index (χ2v) is 4.83. The molecule has 0 radical (unpaired) electrons. The summed E-state index contributed by atoms with van der Waals surface area (Å²) in [4.78, 5) is 11.7. The fraction of sp³-hybridized carbons (Fsp3) is 0.500. The van der Waals surface area contributed by atoms with Crippen LogP contribution in [0.1, 0.15) is 24.8 Å². The van der Waals surface area contributed by atoms with Gasteiger partial charge >= 0.3 is 0 Å². The summed E-state index contributed by atoms with van der Waals surface area (Å²) in [6, 6.07) is 3.88. The highest BCUT2D eigenvalue weighted by atomic mass is 19.1. The van der Waals surface area contributed by atoms with Gasteiger partial charge in [0, 0.05) is 18.2 Å². The topological polar surface area (TPSA) is 41.1 Å². The Kier molecular flexibility index (Phi) is 4.85. The molecule has 1 aromatic rings. The van der Waals surface area contributed by atoms with Crippen LogP contribution in [0, 0.1) is 11.6 Å². The Bertz CT molecular complexity index is 425. The Morgan fingerprint density at radius 2 is 2.05 bits per heavy atom. The van der Waals surface area contributed by atoms with Gasteiger partial charge in [-0.1, -0.05) is 12.5 Å². The minimum atomic E-state index is -0.675. The molecule has 1 fully saturated rings. The van der Waals surface area contributed by atoms with Crippen LogP contribution in [-0.2, 0) is 11.2 Å². The van der Waals surface area contributed by atoms with E-state index in [1.807, 2.05) is 0 Å². The highest BCUT2D eigenvalue weighted by Crippen LogP contribution is 2.12. The normalized spacial score (nSPS) is 19.2. The predicted octanol–water partition coefficient (Wildman–Crippen LogP) is 1.77. The van der Waals surface area contributed by atoms with Crippen LogP contribution in [0.3, 0.4) is 0 Å². The summed E-state index contributed by atoms with van der Waals surface area (Å²) >= 11 is 0. The van der Waals surface area contributed by atoms with E-state index in [2.05, 4.69) is 10.6 Å². The summed E-state index contributed by atoms with van der Waals surface area (Å²) in [6.45, 7) is 1.47. The molecule has 1 aliphatic heterocycles. The molecule has 1 unspecified atom stereocenters. The van der Waals surface area contributed by atoms with E-state index < -0.39 is 11.6 Å². The summed E-state index contributed by atoms with van der Waals surface area (Å²) in [5, 5.41) is 6.02. The number of nitrogens with one attached hydrogen (secondary N) is 2. The van der Waals surface area contributed by atoms with Crippen molar-refractivity contribution in [3.8, 4) is 0 Å². The van der Waals surface area contributed by atoms with Gasteiger partial charge < -0.3 is 10.6 Å².